The fourth-order valence-electron chi connectivity index (χ4n) is 3.07. The molecule has 0 radical (unpaired) electrons. The highest BCUT2D eigenvalue weighted by atomic mass is 32.1. The average molecular weight is 431 g/mol. The van der Waals surface area contributed by atoms with E-state index in [9.17, 15) is 27.6 Å². The number of aromatic nitrogens is 1. The third-order valence-corrected chi connectivity index (χ3v) is 5.34. The number of fused-ring (bicyclic) bond motifs is 1. The van der Waals surface area contributed by atoms with Gasteiger partial charge in [0.15, 0.2) is 5.13 Å². The van der Waals surface area contributed by atoms with Crippen molar-refractivity contribution in [3.63, 3.8) is 0 Å². The van der Waals surface area contributed by atoms with Gasteiger partial charge in [0.05, 0.1) is 28.8 Å². The van der Waals surface area contributed by atoms with Crippen molar-refractivity contribution in [3.8, 4) is 0 Å². The molecule has 0 fully saturated rings. The van der Waals surface area contributed by atoms with Gasteiger partial charge in [-0.1, -0.05) is 35.6 Å². The van der Waals surface area contributed by atoms with Gasteiger partial charge in [-0.3, -0.25) is 24.6 Å². The normalized spacial score (nSPS) is 13.5. The molecular formula is C20H12F3N3O3S. The third kappa shape index (κ3) is 3.57. The number of alkyl halides is 3. The summed E-state index contributed by atoms with van der Waals surface area (Å²) in [5.41, 5.74) is -0.957. The first-order chi connectivity index (χ1) is 14.3. The second kappa shape index (κ2) is 7.38. The van der Waals surface area contributed by atoms with Gasteiger partial charge in [0.25, 0.3) is 17.7 Å². The fourth-order valence-corrected chi connectivity index (χ4v) is 3.87. The highest BCUT2D eigenvalue weighted by molar-refractivity contribution is 7.15. The van der Waals surface area contributed by atoms with Gasteiger partial charge < -0.3 is 0 Å². The standard InChI is InChI=1S/C20H12F3N3O3S/c21-20(22,23)15-8-4-3-7-14(15)16(27)25-19-24-9-11(30-19)10-26-17(28)12-5-1-2-6-13(12)18(26)29/h1-9H,10H2,(H,24,25,27). The second-order valence-corrected chi connectivity index (χ2v) is 7.49. The van der Waals surface area contributed by atoms with Crippen molar-refractivity contribution in [3.05, 3.63) is 81.9 Å². The molecule has 1 aromatic heterocycles. The minimum Gasteiger partial charge on any atom is -0.298 e. The van der Waals surface area contributed by atoms with Gasteiger partial charge in [-0.05, 0) is 24.3 Å². The van der Waals surface area contributed by atoms with Gasteiger partial charge in [0.2, 0.25) is 0 Å². The van der Waals surface area contributed by atoms with Gasteiger partial charge in [0, 0.05) is 11.1 Å². The van der Waals surface area contributed by atoms with E-state index in [1.54, 1.807) is 24.3 Å². The SMILES string of the molecule is O=C(Nc1ncc(CN2C(=O)c3ccccc3C2=O)s1)c1ccccc1C(F)(F)F. The van der Waals surface area contributed by atoms with Crippen molar-refractivity contribution < 1.29 is 27.6 Å². The van der Waals surface area contributed by atoms with E-state index in [0.29, 0.717) is 16.0 Å². The summed E-state index contributed by atoms with van der Waals surface area (Å²) < 4.78 is 39.3. The summed E-state index contributed by atoms with van der Waals surface area (Å²) in [5.74, 6) is -1.83. The zero-order chi connectivity index (χ0) is 21.5. The summed E-state index contributed by atoms with van der Waals surface area (Å²) in [5, 5.41) is 2.39. The number of halogens is 3. The summed E-state index contributed by atoms with van der Waals surface area (Å²) in [6, 6.07) is 10.9. The lowest BCUT2D eigenvalue weighted by molar-refractivity contribution is -0.137. The molecule has 10 heteroatoms. The van der Waals surface area contributed by atoms with E-state index in [1.165, 1.54) is 18.3 Å². The van der Waals surface area contributed by atoms with E-state index in [-0.39, 0.29) is 11.7 Å². The Balaban J connectivity index is 1.49. The minimum absolute atomic E-state index is 0.0565. The van der Waals surface area contributed by atoms with Gasteiger partial charge in [-0.15, -0.1) is 0 Å². The Kier molecular flexibility index (Phi) is 4.86. The molecule has 0 saturated carbocycles. The van der Waals surface area contributed by atoms with E-state index in [4.69, 9.17) is 0 Å². The lowest BCUT2D eigenvalue weighted by Crippen LogP contribution is -2.28. The molecule has 3 aromatic rings. The molecule has 0 bridgehead atoms. The largest absolute Gasteiger partial charge is 0.417 e. The number of hydrogen-bond acceptors (Lipinski definition) is 5. The number of benzene rings is 2. The number of carbonyl (C=O) groups excluding carboxylic acids is 3. The summed E-state index contributed by atoms with van der Waals surface area (Å²) in [4.78, 5) is 42.7. The predicted molar refractivity (Wildman–Crippen MR) is 102 cm³/mol. The maximum Gasteiger partial charge on any atom is 0.417 e. The Morgan fingerprint density at radius 2 is 1.60 bits per heavy atom. The molecule has 0 unspecified atom stereocenters. The van der Waals surface area contributed by atoms with Crippen LogP contribution in [0.2, 0.25) is 0 Å². The van der Waals surface area contributed by atoms with Crippen LogP contribution in [-0.2, 0) is 12.7 Å². The molecule has 1 aliphatic heterocycles. The topological polar surface area (TPSA) is 79.4 Å². The van der Waals surface area contributed by atoms with Crippen LogP contribution in [0, 0.1) is 0 Å². The number of nitrogens with zero attached hydrogens (tertiary/aromatic N) is 2. The quantitative estimate of drug-likeness (QED) is 0.628. The first-order valence-electron chi connectivity index (χ1n) is 8.63. The van der Waals surface area contributed by atoms with E-state index < -0.39 is 35.0 Å². The molecule has 30 heavy (non-hydrogen) atoms. The third-order valence-electron chi connectivity index (χ3n) is 4.44. The summed E-state index contributed by atoms with van der Waals surface area (Å²) in [7, 11) is 0. The molecule has 1 aliphatic rings. The van der Waals surface area contributed by atoms with Crippen LogP contribution in [0.1, 0.15) is 41.5 Å². The van der Waals surface area contributed by atoms with Crippen molar-refractivity contribution in [1.82, 2.24) is 9.88 Å². The Labute approximate surface area is 172 Å². The fraction of sp³-hybridized carbons (Fsp3) is 0.100. The zero-order valence-electron chi connectivity index (χ0n) is 15.1. The maximum atomic E-state index is 13.1. The van der Waals surface area contributed by atoms with Crippen LogP contribution in [0.4, 0.5) is 18.3 Å². The number of nitrogens with one attached hydrogen (secondary N) is 1. The summed E-state index contributed by atoms with van der Waals surface area (Å²) >= 11 is 0.968. The first-order valence-corrected chi connectivity index (χ1v) is 9.45. The van der Waals surface area contributed by atoms with Gasteiger partial charge in [-0.2, -0.15) is 13.2 Å². The second-order valence-electron chi connectivity index (χ2n) is 6.37. The summed E-state index contributed by atoms with van der Waals surface area (Å²) in [6.45, 7) is -0.0565. The number of hydrogen-bond donors (Lipinski definition) is 1. The first kappa shape index (κ1) is 19.8. The molecule has 1 N–H and O–H groups in total. The van der Waals surface area contributed by atoms with Crippen LogP contribution >= 0.6 is 11.3 Å². The number of carbonyl (C=O) groups is 3. The van der Waals surface area contributed by atoms with Crippen LogP contribution in [-0.4, -0.2) is 27.6 Å². The van der Waals surface area contributed by atoms with Gasteiger partial charge in [-0.25, -0.2) is 4.98 Å². The monoisotopic (exact) mass is 431 g/mol. The Morgan fingerprint density at radius 1 is 1.00 bits per heavy atom. The molecule has 4 rings (SSSR count). The minimum atomic E-state index is -4.67. The Morgan fingerprint density at radius 3 is 2.23 bits per heavy atom. The molecule has 152 valence electrons. The number of anilines is 1. The Bertz CT molecular complexity index is 1140. The maximum absolute atomic E-state index is 13.1. The van der Waals surface area contributed by atoms with Crippen LogP contribution in [0.25, 0.3) is 0 Å². The smallest absolute Gasteiger partial charge is 0.298 e. The summed E-state index contributed by atoms with van der Waals surface area (Å²) in [6.07, 6.45) is -3.31. The average Bonchev–Trinajstić information content (AvgIpc) is 3.26. The molecule has 0 aliphatic carbocycles. The van der Waals surface area contributed by atoms with Crippen molar-refractivity contribution in [2.75, 3.05) is 5.32 Å². The molecular weight excluding hydrogens is 419 g/mol. The van der Waals surface area contributed by atoms with Crippen LogP contribution in [0.5, 0.6) is 0 Å². The molecule has 0 spiro atoms. The van der Waals surface area contributed by atoms with Crippen molar-refractivity contribution in [1.29, 1.82) is 0 Å². The van der Waals surface area contributed by atoms with Crippen molar-refractivity contribution >= 4 is 34.2 Å². The predicted octanol–water partition coefficient (Wildman–Crippen LogP) is 4.21. The van der Waals surface area contributed by atoms with E-state index in [2.05, 4.69) is 10.3 Å². The number of amides is 3. The zero-order valence-corrected chi connectivity index (χ0v) is 15.9. The lowest BCUT2D eigenvalue weighted by Gasteiger charge is -2.12. The van der Waals surface area contributed by atoms with E-state index in [1.807, 2.05) is 0 Å². The van der Waals surface area contributed by atoms with Crippen molar-refractivity contribution in [2.24, 2.45) is 0 Å². The molecule has 0 atom stereocenters. The number of rotatable bonds is 4. The van der Waals surface area contributed by atoms with E-state index >= 15 is 0 Å². The molecule has 2 heterocycles. The highest BCUT2D eigenvalue weighted by Gasteiger charge is 2.36. The van der Waals surface area contributed by atoms with Gasteiger partial charge in [0.1, 0.15) is 0 Å². The Hall–Kier alpha value is -3.53. The number of imide groups is 1. The van der Waals surface area contributed by atoms with Crippen LogP contribution in [0.3, 0.4) is 0 Å². The van der Waals surface area contributed by atoms with Gasteiger partial charge >= 0.3 is 6.18 Å². The lowest BCUT2D eigenvalue weighted by atomic mass is 10.1. The highest BCUT2D eigenvalue weighted by Crippen LogP contribution is 2.32. The van der Waals surface area contributed by atoms with Crippen molar-refractivity contribution in [2.45, 2.75) is 12.7 Å². The van der Waals surface area contributed by atoms with Crippen LogP contribution in [0.15, 0.2) is 54.7 Å². The molecule has 6 nitrogen and oxygen atoms in total. The molecule has 3 amide bonds. The molecule has 2 aromatic carbocycles. The van der Waals surface area contributed by atoms with E-state index in [0.717, 1.165) is 28.4 Å². The number of thiazole rings is 1. The molecule has 0 saturated heterocycles. The van der Waals surface area contributed by atoms with Crippen LogP contribution < -0.4 is 5.32 Å².